The zero-order chi connectivity index (χ0) is 16.8. The lowest BCUT2D eigenvalue weighted by Gasteiger charge is -2.08. The van der Waals surface area contributed by atoms with Gasteiger partial charge in [0.05, 0.1) is 0 Å². The molecular formula is C17H16F2N2O2. The van der Waals surface area contributed by atoms with E-state index in [1.807, 2.05) is 0 Å². The summed E-state index contributed by atoms with van der Waals surface area (Å²) in [7, 11) is 0. The molecule has 0 aromatic heterocycles. The van der Waals surface area contributed by atoms with Crippen LogP contribution in [-0.2, 0) is 4.79 Å². The van der Waals surface area contributed by atoms with Crippen molar-refractivity contribution in [2.75, 3.05) is 17.2 Å². The van der Waals surface area contributed by atoms with Crippen molar-refractivity contribution in [3.63, 3.8) is 0 Å². The number of carbonyl (C=O) groups is 2. The highest BCUT2D eigenvalue weighted by molar-refractivity contribution is 5.94. The summed E-state index contributed by atoms with van der Waals surface area (Å²) in [6.45, 7) is 1.86. The molecule has 0 atom stereocenters. The molecule has 0 heterocycles. The highest BCUT2D eigenvalue weighted by Gasteiger charge is 2.06. The van der Waals surface area contributed by atoms with Gasteiger partial charge in [-0.15, -0.1) is 0 Å². The van der Waals surface area contributed by atoms with Gasteiger partial charge in [0.15, 0.2) is 17.4 Å². The minimum absolute atomic E-state index is 0.0116. The number of carbonyl (C=O) groups excluding carboxylic acids is 2. The molecule has 0 aliphatic heterocycles. The molecule has 0 bridgehead atoms. The monoisotopic (exact) mass is 318 g/mol. The lowest BCUT2D eigenvalue weighted by molar-refractivity contribution is -0.115. The van der Waals surface area contributed by atoms with Gasteiger partial charge < -0.3 is 10.6 Å². The zero-order valence-electron chi connectivity index (χ0n) is 12.5. The van der Waals surface area contributed by atoms with Crippen molar-refractivity contribution in [2.45, 2.75) is 13.3 Å². The third-order valence-corrected chi connectivity index (χ3v) is 3.18. The Bertz CT molecular complexity index is 715. The van der Waals surface area contributed by atoms with Gasteiger partial charge >= 0.3 is 0 Å². The van der Waals surface area contributed by atoms with Crippen LogP contribution >= 0.6 is 0 Å². The quantitative estimate of drug-likeness (QED) is 0.800. The van der Waals surface area contributed by atoms with Crippen LogP contribution in [0.25, 0.3) is 0 Å². The Balaban J connectivity index is 1.80. The van der Waals surface area contributed by atoms with E-state index in [0.29, 0.717) is 12.1 Å². The first-order valence-corrected chi connectivity index (χ1v) is 7.05. The smallest absolute Gasteiger partial charge is 0.226 e. The summed E-state index contributed by atoms with van der Waals surface area (Å²) in [6, 6.07) is 10.1. The van der Waals surface area contributed by atoms with Gasteiger partial charge in [0, 0.05) is 36.0 Å². The molecule has 0 saturated heterocycles. The number of amides is 1. The van der Waals surface area contributed by atoms with Gasteiger partial charge in [0.1, 0.15) is 0 Å². The molecule has 0 unspecified atom stereocenters. The fraction of sp³-hybridized carbons (Fsp3) is 0.176. The molecule has 0 saturated carbocycles. The molecule has 23 heavy (non-hydrogen) atoms. The molecule has 2 N–H and O–H groups in total. The Hall–Kier alpha value is -2.76. The van der Waals surface area contributed by atoms with Crippen LogP contribution in [0.4, 0.5) is 20.2 Å². The molecule has 6 heteroatoms. The summed E-state index contributed by atoms with van der Waals surface area (Å²) in [5, 5.41) is 5.53. The summed E-state index contributed by atoms with van der Waals surface area (Å²) in [5.41, 5.74) is 1.61. The molecule has 1 amide bonds. The third kappa shape index (κ3) is 4.88. The van der Waals surface area contributed by atoms with Crippen molar-refractivity contribution >= 4 is 23.1 Å². The molecule has 2 aromatic rings. The Labute approximate surface area is 132 Å². The molecule has 0 spiro atoms. The van der Waals surface area contributed by atoms with Crippen molar-refractivity contribution in [3.05, 3.63) is 59.7 Å². The predicted molar refractivity (Wildman–Crippen MR) is 84.5 cm³/mol. The summed E-state index contributed by atoms with van der Waals surface area (Å²) in [6.07, 6.45) is 0.160. The van der Waals surface area contributed by atoms with Crippen LogP contribution in [-0.4, -0.2) is 18.2 Å². The minimum atomic E-state index is -1.01. The number of halogens is 2. The Kier molecular flexibility index (Phi) is 5.41. The highest BCUT2D eigenvalue weighted by atomic mass is 19.2. The number of rotatable bonds is 6. The van der Waals surface area contributed by atoms with E-state index in [1.54, 1.807) is 24.3 Å². The normalized spacial score (nSPS) is 10.2. The topological polar surface area (TPSA) is 58.2 Å². The van der Waals surface area contributed by atoms with Gasteiger partial charge in [0.2, 0.25) is 5.91 Å². The van der Waals surface area contributed by atoms with E-state index in [-0.39, 0.29) is 23.8 Å². The van der Waals surface area contributed by atoms with Gasteiger partial charge in [-0.05, 0) is 43.3 Å². The lowest BCUT2D eigenvalue weighted by Crippen LogP contribution is -2.16. The average Bonchev–Trinajstić information content (AvgIpc) is 2.51. The summed E-state index contributed by atoms with van der Waals surface area (Å²) >= 11 is 0. The van der Waals surface area contributed by atoms with Crippen LogP contribution in [0, 0.1) is 11.6 Å². The van der Waals surface area contributed by atoms with Gasteiger partial charge in [-0.2, -0.15) is 0 Å². The van der Waals surface area contributed by atoms with Gasteiger partial charge in [-0.3, -0.25) is 9.59 Å². The number of ketones is 1. The van der Waals surface area contributed by atoms with E-state index < -0.39 is 11.6 Å². The van der Waals surface area contributed by atoms with E-state index in [1.165, 1.54) is 13.0 Å². The highest BCUT2D eigenvalue weighted by Crippen LogP contribution is 2.13. The second kappa shape index (κ2) is 7.49. The largest absolute Gasteiger partial charge is 0.385 e. The second-order valence-electron chi connectivity index (χ2n) is 4.99. The number of benzene rings is 2. The van der Waals surface area contributed by atoms with Crippen LogP contribution in [0.2, 0.25) is 0 Å². The van der Waals surface area contributed by atoms with Crippen LogP contribution in [0.5, 0.6) is 0 Å². The summed E-state index contributed by atoms with van der Waals surface area (Å²) in [5.74, 6) is -2.29. The molecule has 2 rings (SSSR count). The predicted octanol–water partition coefficient (Wildman–Crippen LogP) is 3.61. The molecule has 4 nitrogen and oxygen atoms in total. The van der Waals surface area contributed by atoms with Crippen LogP contribution in [0.1, 0.15) is 23.7 Å². The SMILES string of the molecule is CC(=O)c1ccc(NCCC(=O)Nc2ccc(F)c(F)c2)cc1. The first kappa shape index (κ1) is 16.6. The zero-order valence-corrected chi connectivity index (χ0v) is 12.5. The number of nitrogens with one attached hydrogen (secondary N) is 2. The van der Waals surface area contributed by atoms with Crippen LogP contribution in [0.15, 0.2) is 42.5 Å². The molecule has 120 valence electrons. The molecule has 0 aliphatic carbocycles. The standard InChI is InChI=1S/C17H16F2N2O2/c1-11(22)12-2-4-13(5-3-12)20-9-8-17(23)21-14-6-7-15(18)16(19)10-14/h2-7,10,20H,8-9H2,1H3,(H,21,23). The minimum Gasteiger partial charge on any atom is -0.385 e. The number of hydrogen-bond acceptors (Lipinski definition) is 3. The summed E-state index contributed by atoms with van der Waals surface area (Å²) < 4.78 is 25.8. The Morgan fingerprint density at radius 2 is 1.61 bits per heavy atom. The molecule has 0 fully saturated rings. The van der Waals surface area contributed by atoms with Gasteiger partial charge in [-0.1, -0.05) is 0 Å². The van der Waals surface area contributed by atoms with E-state index in [9.17, 15) is 18.4 Å². The van der Waals surface area contributed by atoms with Gasteiger partial charge in [0.25, 0.3) is 0 Å². The van der Waals surface area contributed by atoms with Crippen molar-refractivity contribution < 1.29 is 18.4 Å². The number of anilines is 2. The fourth-order valence-corrected chi connectivity index (χ4v) is 1.94. The Morgan fingerprint density at radius 3 is 2.22 bits per heavy atom. The molecular weight excluding hydrogens is 302 g/mol. The van der Waals surface area contributed by atoms with Crippen molar-refractivity contribution in [1.29, 1.82) is 0 Å². The van der Waals surface area contributed by atoms with E-state index in [0.717, 1.165) is 17.8 Å². The van der Waals surface area contributed by atoms with E-state index in [2.05, 4.69) is 10.6 Å². The fourth-order valence-electron chi connectivity index (χ4n) is 1.94. The van der Waals surface area contributed by atoms with Crippen molar-refractivity contribution in [2.24, 2.45) is 0 Å². The first-order chi connectivity index (χ1) is 11.0. The maximum Gasteiger partial charge on any atom is 0.226 e. The van der Waals surface area contributed by atoms with E-state index in [4.69, 9.17) is 0 Å². The Morgan fingerprint density at radius 1 is 0.957 bits per heavy atom. The molecule has 0 radical (unpaired) electrons. The second-order valence-corrected chi connectivity index (χ2v) is 4.99. The first-order valence-electron chi connectivity index (χ1n) is 7.05. The lowest BCUT2D eigenvalue weighted by atomic mass is 10.1. The van der Waals surface area contributed by atoms with Crippen molar-refractivity contribution in [3.8, 4) is 0 Å². The van der Waals surface area contributed by atoms with Gasteiger partial charge in [-0.25, -0.2) is 8.78 Å². The number of Topliss-reactive ketones (excluding diaryl/α,β-unsaturated/α-hetero) is 1. The number of hydrogen-bond donors (Lipinski definition) is 2. The van der Waals surface area contributed by atoms with Crippen LogP contribution < -0.4 is 10.6 Å². The summed E-state index contributed by atoms with van der Waals surface area (Å²) in [4.78, 5) is 22.9. The van der Waals surface area contributed by atoms with E-state index >= 15 is 0 Å². The molecule has 0 aliphatic rings. The maximum absolute atomic E-state index is 13.0. The average molecular weight is 318 g/mol. The third-order valence-electron chi connectivity index (χ3n) is 3.18. The molecule has 2 aromatic carbocycles. The van der Waals surface area contributed by atoms with Crippen LogP contribution in [0.3, 0.4) is 0 Å². The maximum atomic E-state index is 13.0. The van der Waals surface area contributed by atoms with Crippen molar-refractivity contribution in [1.82, 2.24) is 0 Å².